The minimum absolute atomic E-state index is 0.285. The maximum absolute atomic E-state index is 12.1. The molecule has 0 aliphatic heterocycles. The Bertz CT molecular complexity index is 715. The fourth-order valence-electron chi connectivity index (χ4n) is 1.90. The van der Waals surface area contributed by atoms with E-state index in [0.717, 1.165) is 22.2 Å². The zero-order chi connectivity index (χ0) is 17.4. The number of hydrazone groups is 1. The number of methoxy groups -OCH3 is 1. The minimum Gasteiger partial charge on any atom is -0.497 e. The molecule has 0 spiro atoms. The van der Waals surface area contributed by atoms with Gasteiger partial charge in [0, 0.05) is 15.6 Å². The van der Waals surface area contributed by atoms with Crippen molar-refractivity contribution < 1.29 is 14.3 Å². The first kappa shape index (κ1) is 18.0. The summed E-state index contributed by atoms with van der Waals surface area (Å²) in [6.07, 6.45) is 2.50. The van der Waals surface area contributed by atoms with E-state index in [1.807, 2.05) is 25.1 Å². The van der Waals surface area contributed by atoms with Gasteiger partial charge in [-0.1, -0.05) is 22.9 Å². The fourth-order valence-corrected chi connectivity index (χ4v) is 2.24. The SMILES string of the molecule is CCCOc1ccc(C(=O)N/N=C\c2cc(OC)ccc2Br)cc1. The zero-order valence-electron chi connectivity index (χ0n) is 13.6. The van der Waals surface area contributed by atoms with E-state index in [-0.39, 0.29) is 5.91 Å². The second-order valence-corrected chi connectivity index (χ2v) is 5.81. The van der Waals surface area contributed by atoms with Gasteiger partial charge in [0.15, 0.2) is 0 Å². The van der Waals surface area contributed by atoms with Gasteiger partial charge in [-0.05, 0) is 48.9 Å². The maximum Gasteiger partial charge on any atom is 0.271 e. The van der Waals surface area contributed by atoms with Gasteiger partial charge in [0.25, 0.3) is 5.91 Å². The number of halogens is 1. The molecule has 1 amide bonds. The second kappa shape index (κ2) is 9.08. The van der Waals surface area contributed by atoms with Crippen molar-refractivity contribution in [3.8, 4) is 11.5 Å². The summed E-state index contributed by atoms with van der Waals surface area (Å²) in [6.45, 7) is 2.70. The van der Waals surface area contributed by atoms with Crippen LogP contribution in [0, 0.1) is 0 Å². The van der Waals surface area contributed by atoms with E-state index in [9.17, 15) is 4.79 Å². The van der Waals surface area contributed by atoms with Crippen LogP contribution in [0.2, 0.25) is 0 Å². The van der Waals surface area contributed by atoms with Crippen LogP contribution in [0.1, 0.15) is 29.3 Å². The van der Waals surface area contributed by atoms with Gasteiger partial charge < -0.3 is 9.47 Å². The monoisotopic (exact) mass is 390 g/mol. The number of carbonyl (C=O) groups is 1. The lowest BCUT2D eigenvalue weighted by atomic mass is 10.2. The summed E-state index contributed by atoms with van der Waals surface area (Å²) in [7, 11) is 1.60. The van der Waals surface area contributed by atoms with Crippen LogP contribution in [0.5, 0.6) is 11.5 Å². The molecular weight excluding hydrogens is 372 g/mol. The number of benzene rings is 2. The molecule has 0 aliphatic carbocycles. The molecule has 126 valence electrons. The average Bonchev–Trinajstić information content (AvgIpc) is 2.61. The average molecular weight is 391 g/mol. The summed E-state index contributed by atoms with van der Waals surface area (Å²) >= 11 is 3.43. The number of hydrogen-bond donors (Lipinski definition) is 1. The highest BCUT2D eigenvalue weighted by atomic mass is 79.9. The highest BCUT2D eigenvalue weighted by molar-refractivity contribution is 9.10. The van der Waals surface area contributed by atoms with Gasteiger partial charge in [-0.3, -0.25) is 4.79 Å². The fraction of sp³-hybridized carbons (Fsp3) is 0.222. The summed E-state index contributed by atoms with van der Waals surface area (Å²) in [5.74, 6) is 1.18. The molecule has 2 aromatic carbocycles. The number of carbonyl (C=O) groups excluding carboxylic acids is 1. The zero-order valence-corrected chi connectivity index (χ0v) is 15.2. The first-order valence-electron chi connectivity index (χ1n) is 7.54. The van der Waals surface area contributed by atoms with Crippen LogP contribution in [-0.4, -0.2) is 25.8 Å². The third-order valence-electron chi connectivity index (χ3n) is 3.16. The standard InChI is InChI=1S/C18H19BrN2O3/c1-3-10-24-15-6-4-13(5-7-15)18(22)21-20-12-14-11-16(23-2)8-9-17(14)19/h4-9,11-12H,3,10H2,1-2H3,(H,21,22)/b20-12-. The van der Waals surface area contributed by atoms with E-state index < -0.39 is 0 Å². The lowest BCUT2D eigenvalue weighted by Gasteiger charge is -2.05. The normalized spacial score (nSPS) is 10.6. The summed E-state index contributed by atoms with van der Waals surface area (Å²) in [5, 5.41) is 3.98. The molecule has 2 aromatic rings. The van der Waals surface area contributed by atoms with Crippen LogP contribution in [0.3, 0.4) is 0 Å². The Morgan fingerprint density at radius 1 is 1.21 bits per heavy atom. The maximum atomic E-state index is 12.1. The Morgan fingerprint density at radius 3 is 2.58 bits per heavy atom. The predicted octanol–water partition coefficient (Wildman–Crippen LogP) is 4.01. The van der Waals surface area contributed by atoms with E-state index in [1.54, 1.807) is 37.6 Å². The lowest BCUT2D eigenvalue weighted by Crippen LogP contribution is -2.17. The second-order valence-electron chi connectivity index (χ2n) is 4.96. The molecule has 24 heavy (non-hydrogen) atoms. The predicted molar refractivity (Wildman–Crippen MR) is 98.0 cm³/mol. The molecule has 0 aliphatic rings. The van der Waals surface area contributed by atoms with Gasteiger partial charge in [-0.25, -0.2) is 5.43 Å². The molecule has 0 unspecified atom stereocenters. The highest BCUT2D eigenvalue weighted by Crippen LogP contribution is 2.20. The molecule has 1 N–H and O–H groups in total. The van der Waals surface area contributed by atoms with E-state index in [1.165, 1.54) is 0 Å². The van der Waals surface area contributed by atoms with Gasteiger partial charge in [-0.15, -0.1) is 0 Å². The Morgan fingerprint density at radius 2 is 1.92 bits per heavy atom. The molecule has 0 saturated heterocycles. The van der Waals surface area contributed by atoms with Gasteiger partial charge >= 0.3 is 0 Å². The van der Waals surface area contributed by atoms with Crippen LogP contribution in [0.4, 0.5) is 0 Å². The topological polar surface area (TPSA) is 59.9 Å². The quantitative estimate of drug-likeness (QED) is 0.573. The number of nitrogens with one attached hydrogen (secondary N) is 1. The number of ether oxygens (including phenoxy) is 2. The van der Waals surface area contributed by atoms with Crippen LogP contribution >= 0.6 is 15.9 Å². The van der Waals surface area contributed by atoms with Crippen molar-refractivity contribution in [2.75, 3.05) is 13.7 Å². The van der Waals surface area contributed by atoms with Crippen molar-refractivity contribution in [1.29, 1.82) is 0 Å². The molecule has 5 nitrogen and oxygen atoms in total. The Hall–Kier alpha value is -2.34. The Balaban J connectivity index is 1.97. The summed E-state index contributed by atoms with van der Waals surface area (Å²) < 4.78 is 11.5. The molecule has 0 bridgehead atoms. The molecule has 0 fully saturated rings. The van der Waals surface area contributed by atoms with Gasteiger partial charge in [-0.2, -0.15) is 5.10 Å². The molecule has 0 saturated carbocycles. The van der Waals surface area contributed by atoms with Gasteiger partial charge in [0.05, 0.1) is 19.9 Å². The van der Waals surface area contributed by atoms with Crippen LogP contribution in [0.25, 0.3) is 0 Å². The third kappa shape index (κ3) is 5.09. The summed E-state index contributed by atoms with van der Waals surface area (Å²) in [5.41, 5.74) is 3.82. The van der Waals surface area contributed by atoms with E-state index >= 15 is 0 Å². The number of amides is 1. The number of rotatable bonds is 7. The molecule has 2 rings (SSSR count). The minimum atomic E-state index is -0.285. The number of hydrogen-bond acceptors (Lipinski definition) is 4. The molecule has 0 atom stereocenters. The highest BCUT2D eigenvalue weighted by Gasteiger charge is 2.05. The summed E-state index contributed by atoms with van der Waals surface area (Å²) in [6, 6.07) is 12.5. The molecular formula is C18H19BrN2O3. The van der Waals surface area contributed by atoms with E-state index in [2.05, 4.69) is 26.5 Å². The molecule has 0 heterocycles. The van der Waals surface area contributed by atoms with Crippen molar-refractivity contribution in [3.63, 3.8) is 0 Å². The first-order chi connectivity index (χ1) is 11.6. The van der Waals surface area contributed by atoms with Crippen molar-refractivity contribution in [2.24, 2.45) is 5.10 Å². The lowest BCUT2D eigenvalue weighted by molar-refractivity contribution is 0.0955. The summed E-state index contributed by atoms with van der Waals surface area (Å²) in [4.78, 5) is 12.1. The largest absolute Gasteiger partial charge is 0.497 e. The van der Waals surface area contributed by atoms with Gasteiger partial charge in [0.1, 0.15) is 11.5 Å². The van der Waals surface area contributed by atoms with Crippen molar-refractivity contribution >= 4 is 28.1 Å². The smallest absolute Gasteiger partial charge is 0.271 e. The van der Waals surface area contributed by atoms with Crippen LogP contribution in [-0.2, 0) is 0 Å². The van der Waals surface area contributed by atoms with Gasteiger partial charge in [0.2, 0.25) is 0 Å². The van der Waals surface area contributed by atoms with Crippen molar-refractivity contribution in [2.45, 2.75) is 13.3 Å². The number of nitrogens with zero attached hydrogens (tertiary/aromatic N) is 1. The van der Waals surface area contributed by atoms with Crippen LogP contribution < -0.4 is 14.9 Å². The molecule has 6 heteroatoms. The Labute approximate surface area is 149 Å². The Kier molecular flexibility index (Phi) is 6.81. The third-order valence-corrected chi connectivity index (χ3v) is 3.88. The van der Waals surface area contributed by atoms with E-state index in [4.69, 9.17) is 9.47 Å². The molecule has 0 radical (unpaired) electrons. The van der Waals surface area contributed by atoms with Crippen molar-refractivity contribution in [3.05, 3.63) is 58.1 Å². The van der Waals surface area contributed by atoms with Crippen LogP contribution in [0.15, 0.2) is 52.0 Å². The first-order valence-corrected chi connectivity index (χ1v) is 8.33. The van der Waals surface area contributed by atoms with E-state index in [0.29, 0.717) is 17.9 Å². The van der Waals surface area contributed by atoms with Crippen molar-refractivity contribution in [1.82, 2.24) is 5.43 Å². The molecule has 0 aromatic heterocycles.